The summed E-state index contributed by atoms with van der Waals surface area (Å²) in [7, 11) is 0. The average molecular weight is 228 g/mol. The fourth-order valence-electron chi connectivity index (χ4n) is 1.28. The summed E-state index contributed by atoms with van der Waals surface area (Å²) < 4.78 is 43.9. The van der Waals surface area contributed by atoms with Crippen molar-refractivity contribution in [1.82, 2.24) is 5.16 Å². The summed E-state index contributed by atoms with van der Waals surface area (Å²) in [5, 5.41) is 3.47. The van der Waals surface area contributed by atoms with Gasteiger partial charge in [-0.1, -0.05) is 5.16 Å². The second kappa shape index (κ2) is 3.97. The summed E-state index contributed by atoms with van der Waals surface area (Å²) in [6, 6.07) is 2.64. The van der Waals surface area contributed by atoms with Gasteiger partial charge in [0.2, 0.25) is 0 Å². The maximum Gasteiger partial charge on any atom is 0.168 e. The number of hydrogen-bond acceptors (Lipinski definition) is 3. The van der Waals surface area contributed by atoms with Crippen LogP contribution in [0.5, 0.6) is 0 Å². The Morgan fingerprint density at radius 3 is 2.56 bits per heavy atom. The Kier molecular flexibility index (Phi) is 2.66. The molecule has 0 atom stereocenters. The standard InChI is InChI=1S/C10H7F3N2O/c11-5-1-7(10(13)8(12)2-5)9-3-6(4-14)16-15-9/h1-3H,4,14H2. The SMILES string of the molecule is NCc1cc(-c2cc(F)cc(F)c2F)no1. The van der Waals surface area contributed by atoms with Gasteiger partial charge >= 0.3 is 0 Å². The van der Waals surface area contributed by atoms with E-state index in [1.54, 1.807) is 0 Å². The second-order valence-corrected chi connectivity index (χ2v) is 3.13. The first-order valence-corrected chi connectivity index (χ1v) is 4.42. The van der Waals surface area contributed by atoms with Gasteiger partial charge in [-0.15, -0.1) is 0 Å². The van der Waals surface area contributed by atoms with Crippen LogP contribution in [0.4, 0.5) is 13.2 Å². The second-order valence-electron chi connectivity index (χ2n) is 3.13. The highest BCUT2D eigenvalue weighted by Gasteiger charge is 2.15. The summed E-state index contributed by atoms with van der Waals surface area (Å²) in [4.78, 5) is 0. The third kappa shape index (κ3) is 1.79. The van der Waals surface area contributed by atoms with E-state index in [1.165, 1.54) is 6.07 Å². The Morgan fingerprint density at radius 2 is 1.94 bits per heavy atom. The minimum atomic E-state index is -1.27. The quantitative estimate of drug-likeness (QED) is 0.802. The zero-order chi connectivity index (χ0) is 11.7. The molecule has 0 fully saturated rings. The topological polar surface area (TPSA) is 52.0 Å². The zero-order valence-corrected chi connectivity index (χ0v) is 8.01. The van der Waals surface area contributed by atoms with Crippen molar-refractivity contribution in [1.29, 1.82) is 0 Å². The predicted octanol–water partition coefficient (Wildman–Crippen LogP) is 2.22. The van der Waals surface area contributed by atoms with E-state index in [4.69, 9.17) is 10.3 Å². The van der Waals surface area contributed by atoms with Gasteiger partial charge in [0, 0.05) is 17.7 Å². The average Bonchev–Trinajstić information content (AvgIpc) is 2.71. The van der Waals surface area contributed by atoms with Crippen LogP contribution in [0, 0.1) is 17.5 Å². The van der Waals surface area contributed by atoms with E-state index in [-0.39, 0.29) is 17.8 Å². The van der Waals surface area contributed by atoms with Gasteiger partial charge in [-0.05, 0) is 6.07 Å². The molecule has 2 aromatic rings. The number of hydrogen-bond donors (Lipinski definition) is 1. The van der Waals surface area contributed by atoms with Crippen LogP contribution in [-0.2, 0) is 6.54 Å². The number of nitrogens with zero attached hydrogens (tertiary/aromatic N) is 1. The number of rotatable bonds is 2. The van der Waals surface area contributed by atoms with Gasteiger partial charge < -0.3 is 10.3 Å². The van der Waals surface area contributed by atoms with Crippen molar-refractivity contribution < 1.29 is 17.7 Å². The molecular weight excluding hydrogens is 221 g/mol. The molecule has 0 aliphatic heterocycles. The molecule has 3 nitrogen and oxygen atoms in total. The van der Waals surface area contributed by atoms with Crippen LogP contribution in [0.3, 0.4) is 0 Å². The number of nitrogens with two attached hydrogens (primary N) is 1. The van der Waals surface area contributed by atoms with Crippen molar-refractivity contribution in [2.45, 2.75) is 6.54 Å². The highest BCUT2D eigenvalue weighted by Crippen LogP contribution is 2.25. The smallest absolute Gasteiger partial charge is 0.168 e. The molecule has 0 spiro atoms. The van der Waals surface area contributed by atoms with Gasteiger partial charge in [-0.3, -0.25) is 0 Å². The molecule has 84 valence electrons. The van der Waals surface area contributed by atoms with Crippen LogP contribution < -0.4 is 5.73 Å². The molecule has 0 unspecified atom stereocenters. The number of halogens is 3. The van der Waals surface area contributed by atoms with Crippen molar-refractivity contribution in [3.05, 3.63) is 41.4 Å². The minimum absolute atomic E-state index is 0.0105. The van der Waals surface area contributed by atoms with Crippen molar-refractivity contribution in [3.63, 3.8) is 0 Å². The lowest BCUT2D eigenvalue weighted by atomic mass is 10.1. The van der Waals surface area contributed by atoms with E-state index in [2.05, 4.69) is 5.16 Å². The van der Waals surface area contributed by atoms with Crippen LogP contribution in [0.1, 0.15) is 5.76 Å². The Labute approximate surface area is 88.7 Å². The van der Waals surface area contributed by atoms with E-state index >= 15 is 0 Å². The van der Waals surface area contributed by atoms with Gasteiger partial charge in [0.1, 0.15) is 11.5 Å². The third-order valence-electron chi connectivity index (χ3n) is 2.03. The Balaban J connectivity index is 2.54. The fourth-order valence-corrected chi connectivity index (χ4v) is 1.28. The molecule has 0 saturated carbocycles. The van der Waals surface area contributed by atoms with Crippen molar-refractivity contribution in [2.24, 2.45) is 5.73 Å². The van der Waals surface area contributed by atoms with Gasteiger partial charge in [-0.2, -0.15) is 0 Å². The molecule has 2 N–H and O–H groups in total. The van der Waals surface area contributed by atoms with Crippen LogP contribution in [0.15, 0.2) is 22.7 Å². The maximum atomic E-state index is 13.3. The molecule has 2 rings (SSSR count). The number of benzene rings is 1. The number of aromatic nitrogens is 1. The van der Waals surface area contributed by atoms with Crippen molar-refractivity contribution >= 4 is 0 Å². The van der Waals surface area contributed by atoms with E-state index in [9.17, 15) is 13.2 Å². The normalized spacial score (nSPS) is 10.8. The zero-order valence-electron chi connectivity index (χ0n) is 8.01. The molecule has 0 amide bonds. The predicted molar refractivity (Wildman–Crippen MR) is 49.7 cm³/mol. The monoisotopic (exact) mass is 228 g/mol. The highest BCUT2D eigenvalue weighted by molar-refractivity contribution is 5.59. The van der Waals surface area contributed by atoms with Gasteiger partial charge in [0.05, 0.1) is 6.54 Å². The Morgan fingerprint density at radius 1 is 1.19 bits per heavy atom. The molecule has 1 heterocycles. The largest absolute Gasteiger partial charge is 0.359 e. The molecule has 1 aromatic carbocycles. The molecule has 1 aromatic heterocycles. The van der Waals surface area contributed by atoms with Crippen molar-refractivity contribution in [2.75, 3.05) is 0 Å². The van der Waals surface area contributed by atoms with Crippen molar-refractivity contribution in [3.8, 4) is 11.3 Å². The fraction of sp³-hybridized carbons (Fsp3) is 0.100. The first kappa shape index (κ1) is 10.7. The third-order valence-corrected chi connectivity index (χ3v) is 2.03. The molecule has 0 bridgehead atoms. The van der Waals surface area contributed by atoms with Gasteiger partial charge in [0.15, 0.2) is 17.4 Å². The molecule has 6 heteroatoms. The molecule has 0 saturated heterocycles. The summed E-state index contributed by atoms with van der Waals surface area (Å²) in [5.41, 5.74) is 4.98. The van der Waals surface area contributed by atoms with Crippen LogP contribution in [0.2, 0.25) is 0 Å². The lowest BCUT2D eigenvalue weighted by Crippen LogP contribution is -1.93. The molecule has 0 aliphatic carbocycles. The molecular formula is C10H7F3N2O. The maximum absolute atomic E-state index is 13.3. The van der Waals surface area contributed by atoms with Crippen LogP contribution >= 0.6 is 0 Å². The van der Waals surface area contributed by atoms with Gasteiger partial charge in [0.25, 0.3) is 0 Å². The Hall–Kier alpha value is -1.82. The minimum Gasteiger partial charge on any atom is -0.359 e. The summed E-state index contributed by atoms with van der Waals surface area (Å²) >= 11 is 0. The Bertz CT molecular complexity index is 525. The van der Waals surface area contributed by atoms with Gasteiger partial charge in [-0.25, -0.2) is 13.2 Å². The van der Waals surface area contributed by atoms with Crippen LogP contribution in [0.25, 0.3) is 11.3 Å². The van der Waals surface area contributed by atoms with E-state index in [0.29, 0.717) is 11.8 Å². The van der Waals surface area contributed by atoms with E-state index in [0.717, 1.165) is 6.07 Å². The lowest BCUT2D eigenvalue weighted by Gasteiger charge is -1.99. The first-order chi connectivity index (χ1) is 7.61. The van der Waals surface area contributed by atoms with Crippen LogP contribution in [-0.4, -0.2) is 5.16 Å². The lowest BCUT2D eigenvalue weighted by molar-refractivity contribution is 0.386. The molecule has 0 radical (unpaired) electrons. The molecule has 0 aliphatic rings. The summed E-state index contributed by atoms with van der Waals surface area (Å²) in [6.45, 7) is 0.0758. The van der Waals surface area contributed by atoms with E-state index < -0.39 is 17.5 Å². The first-order valence-electron chi connectivity index (χ1n) is 4.42. The summed E-state index contributed by atoms with van der Waals surface area (Å²) in [6.07, 6.45) is 0. The summed E-state index contributed by atoms with van der Waals surface area (Å²) in [5.74, 6) is -3.02. The highest BCUT2D eigenvalue weighted by atomic mass is 19.2. The van der Waals surface area contributed by atoms with E-state index in [1.807, 2.05) is 0 Å². The molecule has 16 heavy (non-hydrogen) atoms.